The molecule has 1 aromatic heterocycles. The molecule has 0 bridgehead atoms. The molecule has 2 nitrogen and oxygen atoms in total. The van der Waals surface area contributed by atoms with Crippen molar-refractivity contribution in [3.05, 3.63) is 57.4 Å². The molecule has 84 valence electrons. The normalized spacial score (nSPS) is 10.9. The monoisotopic (exact) mass is 354 g/mol. The van der Waals surface area contributed by atoms with Gasteiger partial charge in [0.15, 0.2) is 3.83 Å². The maximum atomic E-state index is 6.24. The highest BCUT2D eigenvalue weighted by Gasteiger charge is 2.11. The zero-order valence-corrected chi connectivity index (χ0v) is 11.7. The molecule has 3 rings (SSSR count). The molecule has 0 amide bonds. The van der Waals surface area contributed by atoms with Gasteiger partial charge in [-0.2, -0.15) is 0 Å². The molecule has 0 fully saturated rings. The van der Waals surface area contributed by atoms with E-state index in [0.29, 0.717) is 0 Å². The lowest BCUT2D eigenvalue weighted by molar-refractivity contribution is 1.04. The van der Waals surface area contributed by atoms with Gasteiger partial charge in [0.05, 0.1) is 21.7 Å². The van der Waals surface area contributed by atoms with E-state index in [0.717, 1.165) is 25.6 Å². The van der Waals surface area contributed by atoms with E-state index in [2.05, 4.69) is 32.1 Å². The summed E-state index contributed by atoms with van der Waals surface area (Å²) in [5, 5.41) is 0.730. The summed E-state index contributed by atoms with van der Waals surface area (Å²) < 4.78 is 2.98. The van der Waals surface area contributed by atoms with Gasteiger partial charge in [-0.1, -0.05) is 35.9 Å². The van der Waals surface area contributed by atoms with Gasteiger partial charge in [-0.05, 0) is 24.3 Å². The summed E-state index contributed by atoms with van der Waals surface area (Å²) in [5.74, 6) is 0. The minimum Gasteiger partial charge on any atom is -0.286 e. The summed E-state index contributed by atoms with van der Waals surface area (Å²) in [5.41, 5.74) is 3.02. The van der Waals surface area contributed by atoms with E-state index in [-0.39, 0.29) is 0 Å². The summed E-state index contributed by atoms with van der Waals surface area (Å²) in [6.45, 7) is 0. The smallest absolute Gasteiger partial charge is 0.177 e. The minimum absolute atomic E-state index is 0.730. The van der Waals surface area contributed by atoms with E-state index in [1.54, 1.807) is 0 Å². The van der Waals surface area contributed by atoms with Crippen molar-refractivity contribution in [2.24, 2.45) is 0 Å². The number of imidazole rings is 1. The van der Waals surface area contributed by atoms with Gasteiger partial charge in [0, 0.05) is 22.6 Å². The number of rotatable bonds is 1. The second-order valence-electron chi connectivity index (χ2n) is 3.66. The highest BCUT2D eigenvalue weighted by molar-refractivity contribution is 14.1. The first-order valence-corrected chi connectivity index (χ1v) is 6.61. The summed E-state index contributed by atoms with van der Waals surface area (Å²) in [6.07, 6.45) is 0. The van der Waals surface area contributed by atoms with Crippen molar-refractivity contribution in [1.29, 1.82) is 0 Å². The van der Waals surface area contributed by atoms with Gasteiger partial charge in [0.1, 0.15) is 0 Å². The van der Waals surface area contributed by atoms with Crippen LogP contribution in [0.1, 0.15) is 0 Å². The first kappa shape index (κ1) is 11.0. The lowest BCUT2D eigenvalue weighted by atomic mass is 10.3. The van der Waals surface area contributed by atoms with E-state index >= 15 is 0 Å². The Kier molecular flexibility index (Phi) is 2.80. The summed E-state index contributed by atoms with van der Waals surface area (Å²) in [6, 6.07) is 15.8. The van der Waals surface area contributed by atoms with E-state index in [9.17, 15) is 0 Å². The van der Waals surface area contributed by atoms with Crippen LogP contribution in [0.4, 0.5) is 0 Å². The Morgan fingerprint density at radius 2 is 1.71 bits per heavy atom. The molecule has 0 unspecified atom stereocenters. The molecule has 0 saturated heterocycles. The topological polar surface area (TPSA) is 17.8 Å². The first-order chi connectivity index (χ1) is 8.27. The first-order valence-electron chi connectivity index (χ1n) is 5.15. The Morgan fingerprint density at radius 1 is 1.00 bits per heavy atom. The second-order valence-corrected chi connectivity index (χ2v) is 5.03. The molecule has 0 aliphatic heterocycles. The lowest BCUT2D eigenvalue weighted by Gasteiger charge is -2.07. The van der Waals surface area contributed by atoms with Crippen molar-refractivity contribution in [2.45, 2.75) is 0 Å². The van der Waals surface area contributed by atoms with Crippen LogP contribution >= 0.6 is 34.2 Å². The molecule has 0 spiro atoms. The summed E-state index contributed by atoms with van der Waals surface area (Å²) in [7, 11) is 0. The van der Waals surface area contributed by atoms with Crippen LogP contribution in [-0.4, -0.2) is 9.55 Å². The average Bonchev–Trinajstić information content (AvgIpc) is 2.66. The fourth-order valence-corrected chi connectivity index (χ4v) is 2.86. The van der Waals surface area contributed by atoms with Crippen molar-refractivity contribution in [3.8, 4) is 5.69 Å². The van der Waals surface area contributed by atoms with Gasteiger partial charge < -0.3 is 0 Å². The molecular weight excluding hydrogens is 347 g/mol. The van der Waals surface area contributed by atoms with E-state index < -0.39 is 0 Å². The number of nitrogens with zero attached hydrogens (tertiary/aromatic N) is 2. The van der Waals surface area contributed by atoms with Crippen molar-refractivity contribution in [3.63, 3.8) is 0 Å². The molecular formula is C13H8ClIN2. The molecule has 0 atom stereocenters. The quantitative estimate of drug-likeness (QED) is 0.596. The predicted octanol–water partition coefficient (Wildman–Crippen LogP) is 4.28. The van der Waals surface area contributed by atoms with Crippen LogP contribution < -0.4 is 0 Å². The number of hydrogen-bond acceptors (Lipinski definition) is 1. The lowest BCUT2D eigenvalue weighted by Crippen LogP contribution is -1.97. The van der Waals surface area contributed by atoms with Gasteiger partial charge in [-0.3, -0.25) is 4.57 Å². The minimum atomic E-state index is 0.730. The fraction of sp³-hybridized carbons (Fsp3) is 0. The molecule has 17 heavy (non-hydrogen) atoms. The van der Waals surface area contributed by atoms with Crippen LogP contribution in [0.25, 0.3) is 16.7 Å². The molecule has 0 saturated carbocycles. The highest BCUT2D eigenvalue weighted by Crippen LogP contribution is 2.27. The largest absolute Gasteiger partial charge is 0.286 e. The van der Waals surface area contributed by atoms with Crippen molar-refractivity contribution in [2.75, 3.05) is 0 Å². The Labute approximate surface area is 117 Å². The molecule has 0 aliphatic carbocycles. The van der Waals surface area contributed by atoms with Crippen LogP contribution in [0.5, 0.6) is 0 Å². The van der Waals surface area contributed by atoms with E-state index in [1.165, 1.54) is 0 Å². The zero-order valence-electron chi connectivity index (χ0n) is 8.77. The van der Waals surface area contributed by atoms with Crippen LogP contribution in [0, 0.1) is 3.83 Å². The zero-order chi connectivity index (χ0) is 11.8. The van der Waals surface area contributed by atoms with Crippen molar-refractivity contribution >= 4 is 45.2 Å². The third kappa shape index (κ3) is 1.83. The fourth-order valence-electron chi connectivity index (χ4n) is 1.86. The standard InChI is InChI=1S/C13H8ClIN2/c14-9-5-1-3-7-11(9)17-12-8-4-2-6-10(12)16-13(17)15/h1-8H. The Balaban J connectivity index is 2.38. The van der Waals surface area contributed by atoms with Gasteiger partial charge in [-0.25, -0.2) is 4.98 Å². The number of benzene rings is 2. The van der Waals surface area contributed by atoms with E-state index in [1.807, 2.05) is 48.5 Å². The van der Waals surface area contributed by atoms with Gasteiger partial charge in [0.25, 0.3) is 0 Å². The predicted molar refractivity (Wildman–Crippen MR) is 78.8 cm³/mol. The molecule has 2 aromatic carbocycles. The van der Waals surface area contributed by atoms with Crippen LogP contribution in [0.2, 0.25) is 5.02 Å². The molecule has 0 radical (unpaired) electrons. The Hall–Kier alpha value is -1.07. The maximum absolute atomic E-state index is 6.24. The number of aromatic nitrogens is 2. The summed E-state index contributed by atoms with van der Waals surface area (Å²) in [4.78, 5) is 4.52. The van der Waals surface area contributed by atoms with Crippen LogP contribution in [0.15, 0.2) is 48.5 Å². The number of halogens is 2. The number of para-hydroxylation sites is 3. The van der Waals surface area contributed by atoms with Crippen molar-refractivity contribution < 1.29 is 0 Å². The average molecular weight is 355 g/mol. The second kappa shape index (κ2) is 4.31. The van der Waals surface area contributed by atoms with Gasteiger partial charge in [-0.15, -0.1) is 0 Å². The molecule has 0 N–H and O–H groups in total. The third-order valence-electron chi connectivity index (χ3n) is 2.61. The number of fused-ring (bicyclic) bond motifs is 1. The Bertz CT molecular complexity index is 691. The molecule has 1 heterocycles. The molecule has 0 aliphatic rings. The highest BCUT2D eigenvalue weighted by atomic mass is 127. The molecule has 4 heteroatoms. The van der Waals surface area contributed by atoms with Gasteiger partial charge >= 0.3 is 0 Å². The molecule has 3 aromatic rings. The van der Waals surface area contributed by atoms with Crippen molar-refractivity contribution in [1.82, 2.24) is 9.55 Å². The van der Waals surface area contributed by atoms with Crippen LogP contribution in [0.3, 0.4) is 0 Å². The van der Waals surface area contributed by atoms with Gasteiger partial charge in [0.2, 0.25) is 0 Å². The maximum Gasteiger partial charge on any atom is 0.177 e. The van der Waals surface area contributed by atoms with Crippen LogP contribution in [-0.2, 0) is 0 Å². The Morgan fingerprint density at radius 3 is 2.53 bits per heavy atom. The summed E-state index contributed by atoms with van der Waals surface area (Å²) >= 11 is 8.46. The SMILES string of the molecule is Clc1ccccc1-n1c(I)nc2ccccc21. The number of hydrogen-bond donors (Lipinski definition) is 0. The third-order valence-corrected chi connectivity index (χ3v) is 3.66. The van der Waals surface area contributed by atoms with E-state index in [4.69, 9.17) is 11.6 Å².